The van der Waals surface area contributed by atoms with Crippen molar-refractivity contribution in [2.24, 2.45) is 0 Å². The summed E-state index contributed by atoms with van der Waals surface area (Å²) in [6, 6.07) is 3.24. The van der Waals surface area contributed by atoms with E-state index in [0.29, 0.717) is 4.90 Å². The van der Waals surface area contributed by atoms with Crippen molar-refractivity contribution < 1.29 is 46.4 Å². The Morgan fingerprint density at radius 1 is 1.20 bits per heavy atom. The fraction of sp³-hybridized carbons (Fsp3) is 0.375. The highest BCUT2D eigenvalue weighted by molar-refractivity contribution is 6.31. The van der Waals surface area contributed by atoms with Gasteiger partial charge in [-0.25, -0.2) is 13.5 Å². The minimum atomic E-state index is -4.83. The number of aliphatic hydroxyl groups is 2. The Morgan fingerprint density at radius 3 is 2.42 bits per heavy atom. The van der Waals surface area contributed by atoms with Crippen LogP contribution in [0.25, 0.3) is 11.3 Å². The lowest BCUT2D eigenvalue weighted by molar-refractivity contribution is -0.211. The number of nitrogens with zero attached hydrogens (tertiary/aromatic N) is 4. The maximum Gasteiger partial charge on any atom is 0.418 e. The third-order valence-corrected chi connectivity index (χ3v) is 7.03. The van der Waals surface area contributed by atoms with Crippen LogP contribution in [0.1, 0.15) is 11.6 Å². The van der Waals surface area contributed by atoms with Gasteiger partial charge in [0.2, 0.25) is 0 Å². The second kappa shape index (κ2) is 11.5. The van der Waals surface area contributed by atoms with E-state index in [0.717, 1.165) is 49.2 Å². The molecule has 1 aromatic heterocycles. The fourth-order valence-electron chi connectivity index (χ4n) is 4.45. The first-order valence-electron chi connectivity index (χ1n) is 11.5. The second-order valence-corrected chi connectivity index (χ2v) is 9.67. The molecule has 2 aromatic carbocycles. The predicted molar refractivity (Wildman–Crippen MR) is 132 cm³/mol. The van der Waals surface area contributed by atoms with Gasteiger partial charge in [0.15, 0.2) is 6.10 Å². The first kappa shape index (κ1) is 30.1. The highest BCUT2D eigenvalue weighted by atomic mass is 35.5. The zero-order valence-electron chi connectivity index (χ0n) is 20.6. The summed E-state index contributed by atoms with van der Waals surface area (Å²) in [6.45, 7) is -0.790. The Kier molecular flexibility index (Phi) is 8.68. The van der Waals surface area contributed by atoms with E-state index in [9.17, 15) is 37.0 Å². The molecule has 1 fully saturated rings. The molecule has 40 heavy (non-hydrogen) atoms. The van der Waals surface area contributed by atoms with Crippen LogP contribution < -0.4 is 4.90 Å². The third kappa shape index (κ3) is 5.64. The minimum Gasteiger partial charge on any atom is -0.394 e. The molecule has 1 aliphatic heterocycles. The average molecular weight is 611 g/mol. The number of anilines is 1. The number of ether oxygens (including phenoxy) is 2. The van der Waals surface area contributed by atoms with Gasteiger partial charge in [0.05, 0.1) is 24.1 Å². The largest absolute Gasteiger partial charge is 0.418 e. The van der Waals surface area contributed by atoms with E-state index < -0.39 is 77.1 Å². The summed E-state index contributed by atoms with van der Waals surface area (Å²) in [5.41, 5.74) is -1.80. The van der Waals surface area contributed by atoms with Crippen LogP contribution in [-0.4, -0.2) is 76.3 Å². The molecule has 3 aromatic rings. The summed E-state index contributed by atoms with van der Waals surface area (Å²) in [6.07, 6.45) is -9.63. The maximum absolute atomic E-state index is 14.0. The van der Waals surface area contributed by atoms with Gasteiger partial charge in [-0.05, 0) is 30.3 Å². The summed E-state index contributed by atoms with van der Waals surface area (Å²) in [4.78, 5) is 14.2. The van der Waals surface area contributed by atoms with E-state index in [1.54, 1.807) is 0 Å². The van der Waals surface area contributed by atoms with Crippen LogP contribution in [0.15, 0.2) is 36.5 Å². The van der Waals surface area contributed by atoms with E-state index in [4.69, 9.17) is 32.7 Å². The van der Waals surface area contributed by atoms with Gasteiger partial charge in [-0.15, -0.1) is 5.10 Å². The minimum absolute atomic E-state index is 0.0442. The quantitative estimate of drug-likeness (QED) is 0.322. The van der Waals surface area contributed by atoms with E-state index >= 15 is 0 Å². The summed E-state index contributed by atoms with van der Waals surface area (Å²) in [7, 11) is 2.24. The molecule has 1 amide bonds. The Hall–Kier alpha value is -2.88. The number of alkyl halides is 3. The fourth-order valence-corrected chi connectivity index (χ4v) is 4.72. The molecule has 1 aliphatic rings. The molecule has 216 valence electrons. The van der Waals surface area contributed by atoms with Crippen LogP contribution in [0.3, 0.4) is 0 Å². The molecular weight excluding hydrogens is 590 g/mol. The molecule has 4 rings (SSSR count). The molecule has 16 heteroatoms. The summed E-state index contributed by atoms with van der Waals surface area (Å²) >= 11 is 11.4. The molecule has 2 heterocycles. The lowest BCUT2D eigenvalue weighted by Gasteiger charge is -2.43. The van der Waals surface area contributed by atoms with Gasteiger partial charge in [-0.2, -0.15) is 13.2 Å². The molecule has 0 radical (unpaired) electrons. The van der Waals surface area contributed by atoms with Gasteiger partial charge in [0, 0.05) is 24.7 Å². The molecular formula is C24H21Cl2F5N4O5. The van der Waals surface area contributed by atoms with Gasteiger partial charge in [0.25, 0.3) is 5.91 Å². The maximum atomic E-state index is 14.0. The SMILES string of the molecule is CO[C@@H]1[C@@H](n2cc(-c3cc(F)c(Cl)c(F)c3)nn2)[C@@H](O)[C@@H](CO)O[C@H]1C(=O)N(C)c1cc(Cl)ccc1C(F)(F)F. The zero-order valence-corrected chi connectivity index (χ0v) is 22.1. The van der Waals surface area contributed by atoms with Gasteiger partial charge in [-0.1, -0.05) is 28.4 Å². The van der Waals surface area contributed by atoms with Crippen molar-refractivity contribution in [2.45, 2.75) is 36.6 Å². The van der Waals surface area contributed by atoms with Crippen LogP contribution in [-0.2, 0) is 20.4 Å². The molecule has 2 N–H and O–H groups in total. The van der Waals surface area contributed by atoms with Gasteiger partial charge >= 0.3 is 6.18 Å². The number of aromatic nitrogens is 3. The molecule has 0 spiro atoms. The van der Waals surface area contributed by atoms with E-state index in [1.807, 2.05) is 0 Å². The first-order chi connectivity index (χ1) is 18.8. The van der Waals surface area contributed by atoms with Crippen LogP contribution in [0, 0.1) is 11.6 Å². The van der Waals surface area contributed by atoms with Crippen LogP contribution in [0.5, 0.6) is 0 Å². The summed E-state index contributed by atoms with van der Waals surface area (Å²) in [5.74, 6) is -3.13. The lowest BCUT2D eigenvalue weighted by Crippen LogP contribution is -2.61. The first-order valence-corrected chi connectivity index (χ1v) is 12.2. The van der Waals surface area contributed by atoms with E-state index in [-0.39, 0.29) is 16.3 Å². The van der Waals surface area contributed by atoms with Crippen molar-refractivity contribution in [1.82, 2.24) is 15.0 Å². The normalized spacial score (nSPS) is 23.3. The van der Waals surface area contributed by atoms with Crippen molar-refractivity contribution in [3.05, 3.63) is 63.8 Å². The zero-order chi connectivity index (χ0) is 29.5. The van der Waals surface area contributed by atoms with Crippen LogP contribution in [0.2, 0.25) is 10.0 Å². The number of methoxy groups -OCH3 is 1. The van der Waals surface area contributed by atoms with E-state index in [1.165, 1.54) is 6.20 Å². The number of hydrogen-bond donors (Lipinski definition) is 2. The Labute approximate surface area is 233 Å². The van der Waals surface area contributed by atoms with Crippen molar-refractivity contribution >= 4 is 34.8 Å². The number of carbonyl (C=O) groups is 1. The van der Waals surface area contributed by atoms with Crippen molar-refractivity contribution in [2.75, 3.05) is 25.7 Å². The average Bonchev–Trinajstić information content (AvgIpc) is 3.39. The smallest absolute Gasteiger partial charge is 0.394 e. The van der Waals surface area contributed by atoms with Crippen molar-refractivity contribution in [3.8, 4) is 11.3 Å². The number of carbonyl (C=O) groups excluding carboxylic acids is 1. The number of rotatable bonds is 6. The molecule has 0 unspecified atom stereocenters. The molecule has 0 bridgehead atoms. The number of halogens is 7. The number of aliphatic hydroxyl groups excluding tert-OH is 2. The monoisotopic (exact) mass is 610 g/mol. The van der Waals surface area contributed by atoms with Gasteiger partial charge in [-0.3, -0.25) is 4.79 Å². The number of hydrogen-bond acceptors (Lipinski definition) is 7. The topological polar surface area (TPSA) is 110 Å². The lowest BCUT2D eigenvalue weighted by atomic mass is 9.91. The molecule has 0 aliphatic carbocycles. The number of likely N-dealkylation sites (N-methyl/N-ethyl adjacent to an activating group) is 1. The number of benzene rings is 2. The summed E-state index contributed by atoms with van der Waals surface area (Å²) in [5, 5.41) is 27.7. The van der Waals surface area contributed by atoms with Crippen LogP contribution >= 0.6 is 23.2 Å². The third-order valence-electron chi connectivity index (χ3n) is 6.44. The Bertz CT molecular complexity index is 1390. The predicted octanol–water partition coefficient (Wildman–Crippen LogP) is 3.89. The van der Waals surface area contributed by atoms with Crippen molar-refractivity contribution in [3.63, 3.8) is 0 Å². The summed E-state index contributed by atoms with van der Waals surface area (Å²) < 4.78 is 81.1. The van der Waals surface area contributed by atoms with Crippen LogP contribution in [0.4, 0.5) is 27.6 Å². The highest BCUT2D eigenvalue weighted by Gasteiger charge is 2.51. The Balaban J connectivity index is 1.72. The van der Waals surface area contributed by atoms with Gasteiger partial charge in [0.1, 0.15) is 46.7 Å². The molecule has 1 saturated heterocycles. The number of amides is 1. The van der Waals surface area contributed by atoms with Gasteiger partial charge < -0.3 is 24.6 Å². The van der Waals surface area contributed by atoms with Crippen molar-refractivity contribution in [1.29, 1.82) is 0 Å². The highest BCUT2D eigenvalue weighted by Crippen LogP contribution is 2.39. The standard InChI is InChI=1S/C24H21Cl2F5N4O5/c1-34(16-7-11(25)3-4-12(16)24(29,30)31)23(38)22-21(39-2)19(20(37)17(9-36)40-22)35-8-15(32-33-35)10-5-13(27)18(26)14(28)6-10/h3-8,17,19-22,36-37H,9H2,1-2H3/t17-,19+,20+,21-,22-/m1/s1. The molecule has 5 atom stereocenters. The second-order valence-electron chi connectivity index (χ2n) is 8.85. The Morgan fingerprint density at radius 2 is 1.85 bits per heavy atom. The van der Waals surface area contributed by atoms with E-state index in [2.05, 4.69) is 10.3 Å². The molecule has 0 saturated carbocycles. The molecule has 9 nitrogen and oxygen atoms in total.